The number of halogens is 1. The summed E-state index contributed by atoms with van der Waals surface area (Å²) in [7, 11) is 0. The van der Waals surface area contributed by atoms with Gasteiger partial charge in [-0.15, -0.1) is 0 Å². The number of ether oxygens (including phenoxy) is 3. The second kappa shape index (κ2) is 18.1. The summed E-state index contributed by atoms with van der Waals surface area (Å²) < 4.78 is 33.1. The molecule has 1 atom stereocenters. The Morgan fingerprint density at radius 3 is 2.48 bits per heavy atom. The summed E-state index contributed by atoms with van der Waals surface area (Å²) in [6.07, 6.45) is 7.27. The van der Waals surface area contributed by atoms with E-state index in [-0.39, 0.29) is 35.4 Å². The van der Waals surface area contributed by atoms with Gasteiger partial charge in [0.1, 0.15) is 35.3 Å². The van der Waals surface area contributed by atoms with Crippen molar-refractivity contribution in [3.8, 4) is 17.2 Å². The first-order valence-corrected chi connectivity index (χ1v) is 19.6. The third-order valence-corrected chi connectivity index (χ3v) is 10.1. The van der Waals surface area contributed by atoms with Gasteiger partial charge < -0.3 is 29.3 Å². The van der Waals surface area contributed by atoms with Gasteiger partial charge in [-0.2, -0.15) is 0 Å². The Hall–Kier alpha value is -5.30. The lowest BCUT2D eigenvalue weighted by molar-refractivity contribution is 0.0518. The van der Waals surface area contributed by atoms with Crippen LogP contribution in [0.25, 0.3) is 0 Å². The number of nitrogens with one attached hydrogen (secondary N) is 1. The molecule has 4 heterocycles. The average molecular weight is 768 g/mol. The third-order valence-electron chi connectivity index (χ3n) is 10.1. The summed E-state index contributed by atoms with van der Waals surface area (Å²) in [5, 5.41) is 2.95. The van der Waals surface area contributed by atoms with Crippen LogP contribution in [-0.4, -0.2) is 87.2 Å². The molecule has 0 bridgehead atoms. The molecular weight excluding hydrogens is 714 g/mol. The van der Waals surface area contributed by atoms with Crippen molar-refractivity contribution < 1.29 is 28.2 Å². The largest absolute Gasteiger partial charge is 0.490 e. The van der Waals surface area contributed by atoms with Gasteiger partial charge in [-0.3, -0.25) is 14.7 Å². The number of carbonyl (C=O) groups excluding carboxylic acids is 2. The average Bonchev–Trinajstić information content (AvgIpc) is 3.16. The Morgan fingerprint density at radius 1 is 1.00 bits per heavy atom. The van der Waals surface area contributed by atoms with E-state index in [2.05, 4.69) is 49.4 Å². The Kier molecular flexibility index (Phi) is 13.0. The van der Waals surface area contributed by atoms with Crippen LogP contribution in [0.4, 0.5) is 15.0 Å². The van der Waals surface area contributed by atoms with Crippen molar-refractivity contribution in [2.24, 2.45) is 0 Å². The second-order valence-electron chi connectivity index (χ2n) is 15.6. The molecule has 1 N–H and O–H groups in total. The number of piperidine rings is 1. The summed E-state index contributed by atoms with van der Waals surface area (Å²) in [4.78, 5) is 45.9. The molecular formula is C43H54FN7O5. The normalized spacial score (nSPS) is 16.3. The van der Waals surface area contributed by atoms with Crippen molar-refractivity contribution in [3.05, 3.63) is 102 Å². The lowest BCUT2D eigenvalue weighted by Crippen LogP contribution is -2.40. The minimum atomic E-state index is -0.583. The molecule has 1 fully saturated rings. The van der Waals surface area contributed by atoms with Gasteiger partial charge in [-0.05, 0) is 77.8 Å². The third kappa shape index (κ3) is 10.1. The lowest BCUT2D eigenvalue weighted by Gasteiger charge is -2.39. The molecule has 2 amide bonds. The van der Waals surface area contributed by atoms with Crippen LogP contribution < -0.4 is 19.7 Å². The lowest BCUT2D eigenvalue weighted by atomic mass is 9.92. The topological polar surface area (TPSA) is 122 Å². The van der Waals surface area contributed by atoms with Gasteiger partial charge in [0.05, 0.1) is 17.5 Å². The molecule has 12 nitrogen and oxygen atoms in total. The quantitative estimate of drug-likeness (QED) is 0.145. The van der Waals surface area contributed by atoms with E-state index in [0.29, 0.717) is 44.2 Å². The minimum absolute atomic E-state index is 0.0356. The summed E-state index contributed by atoms with van der Waals surface area (Å²) in [5.41, 5.74) is 2.86. The molecule has 2 aliphatic heterocycles. The summed E-state index contributed by atoms with van der Waals surface area (Å²) in [6.45, 7) is 15.1. The van der Waals surface area contributed by atoms with E-state index in [1.807, 2.05) is 59.9 Å². The van der Waals surface area contributed by atoms with E-state index in [9.17, 15) is 14.0 Å². The molecule has 0 saturated carbocycles. The van der Waals surface area contributed by atoms with Crippen LogP contribution in [0.15, 0.2) is 73.3 Å². The van der Waals surface area contributed by atoms with E-state index in [1.54, 1.807) is 11.1 Å². The SMILES string of the molecule is CCN(C(=O)c1cc(F)ccc1Oc1cncnc1N1CCC(Oc2ccnc3c2C(CCNC(=O)OC(C)(C)C)N(Cc2ccccc2)CC3)CC1)C(C)C. The molecule has 4 aromatic rings. The zero-order chi connectivity index (χ0) is 39.8. The number of carbonyl (C=O) groups is 2. The zero-order valence-electron chi connectivity index (χ0n) is 33.3. The number of amides is 2. The van der Waals surface area contributed by atoms with Crippen molar-refractivity contribution >= 4 is 17.8 Å². The Morgan fingerprint density at radius 2 is 1.77 bits per heavy atom. The number of rotatable bonds is 13. The van der Waals surface area contributed by atoms with E-state index in [1.165, 1.54) is 30.1 Å². The molecule has 0 spiro atoms. The molecule has 1 saturated heterocycles. The van der Waals surface area contributed by atoms with Gasteiger partial charge >= 0.3 is 6.09 Å². The number of pyridine rings is 1. The maximum atomic E-state index is 14.4. The number of anilines is 1. The number of aromatic nitrogens is 3. The molecule has 6 rings (SSSR count). The van der Waals surface area contributed by atoms with Gasteiger partial charge in [0, 0.05) is 82.4 Å². The maximum absolute atomic E-state index is 14.4. The highest BCUT2D eigenvalue weighted by Gasteiger charge is 2.33. The number of benzene rings is 2. The molecule has 56 heavy (non-hydrogen) atoms. The molecule has 13 heteroatoms. The Bertz CT molecular complexity index is 1950. The fourth-order valence-electron chi connectivity index (χ4n) is 7.46. The van der Waals surface area contributed by atoms with Crippen molar-refractivity contribution in [3.63, 3.8) is 0 Å². The molecule has 2 aromatic carbocycles. The van der Waals surface area contributed by atoms with Crippen LogP contribution in [0.2, 0.25) is 0 Å². The molecule has 1 unspecified atom stereocenters. The highest BCUT2D eigenvalue weighted by Crippen LogP contribution is 2.40. The summed E-state index contributed by atoms with van der Waals surface area (Å²) in [5.74, 6) is 1.20. The fourth-order valence-corrected chi connectivity index (χ4v) is 7.46. The summed E-state index contributed by atoms with van der Waals surface area (Å²) in [6, 6.07) is 16.2. The van der Waals surface area contributed by atoms with Gasteiger partial charge in [0.15, 0.2) is 11.6 Å². The van der Waals surface area contributed by atoms with Crippen LogP contribution in [0.3, 0.4) is 0 Å². The van der Waals surface area contributed by atoms with Crippen LogP contribution >= 0.6 is 0 Å². The van der Waals surface area contributed by atoms with E-state index in [0.717, 1.165) is 49.4 Å². The minimum Gasteiger partial charge on any atom is -0.490 e. The van der Waals surface area contributed by atoms with E-state index < -0.39 is 17.5 Å². The molecule has 2 aromatic heterocycles. The van der Waals surface area contributed by atoms with Gasteiger partial charge in [-0.1, -0.05) is 30.3 Å². The number of nitrogens with zero attached hydrogens (tertiary/aromatic N) is 6. The molecule has 2 aliphatic rings. The van der Waals surface area contributed by atoms with Crippen molar-refractivity contribution in [1.29, 1.82) is 0 Å². The summed E-state index contributed by atoms with van der Waals surface area (Å²) >= 11 is 0. The van der Waals surface area contributed by atoms with Gasteiger partial charge in [0.25, 0.3) is 5.91 Å². The predicted molar refractivity (Wildman–Crippen MR) is 213 cm³/mol. The number of hydrogen-bond donors (Lipinski definition) is 1. The Labute approximate surface area is 329 Å². The maximum Gasteiger partial charge on any atom is 0.407 e. The highest BCUT2D eigenvalue weighted by atomic mass is 19.1. The van der Waals surface area contributed by atoms with Crippen LogP contribution in [-0.2, 0) is 17.7 Å². The standard InChI is InChI=1S/C43H54FN7O5/c1-7-51(29(2)3)41(52)33-25-31(44)13-14-36(33)55-38-26-45-28-48-40(38)49-22-17-32(18-23-49)54-37-16-21-46-34-19-24-50(27-30-11-9-8-10-12-30)35(39(34)37)15-20-47-42(53)56-43(4,5)6/h8-14,16,21,25-26,28-29,32,35H,7,15,17-20,22-24,27H2,1-6H3,(H,47,53). The van der Waals surface area contributed by atoms with Crippen molar-refractivity contribution in [1.82, 2.24) is 30.1 Å². The number of hydrogen-bond acceptors (Lipinski definition) is 10. The molecule has 298 valence electrons. The van der Waals surface area contributed by atoms with Gasteiger partial charge in [0.2, 0.25) is 0 Å². The monoisotopic (exact) mass is 767 g/mol. The first kappa shape index (κ1) is 40.4. The first-order chi connectivity index (χ1) is 26.9. The van der Waals surface area contributed by atoms with Gasteiger partial charge in [-0.25, -0.2) is 19.2 Å². The number of alkyl carbamates (subject to hydrolysis) is 1. The van der Waals surface area contributed by atoms with E-state index >= 15 is 0 Å². The smallest absolute Gasteiger partial charge is 0.407 e. The van der Waals surface area contributed by atoms with Crippen LogP contribution in [0.1, 0.15) is 94.0 Å². The molecule has 0 aliphatic carbocycles. The second-order valence-corrected chi connectivity index (χ2v) is 15.6. The van der Waals surface area contributed by atoms with Crippen LogP contribution in [0.5, 0.6) is 17.2 Å². The van der Waals surface area contributed by atoms with E-state index in [4.69, 9.17) is 19.2 Å². The first-order valence-electron chi connectivity index (χ1n) is 19.6. The van der Waals surface area contributed by atoms with Crippen molar-refractivity contribution in [2.75, 3.05) is 37.6 Å². The predicted octanol–water partition coefficient (Wildman–Crippen LogP) is 7.74. The fraction of sp³-hybridized carbons (Fsp3) is 0.465. The number of fused-ring (bicyclic) bond motifs is 1. The van der Waals surface area contributed by atoms with Crippen molar-refractivity contribution in [2.45, 2.75) is 97.6 Å². The van der Waals surface area contributed by atoms with Crippen LogP contribution in [0, 0.1) is 5.82 Å². The molecule has 0 radical (unpaired) electrons. The highest BCUT2D eigenvalue weighted by molar-refractivity contribution is 5.97. The zero-order valence-corrected chi connectivity index (χ0v) is 33.3. The Balaban J connectivity index is 1.17.